The van der Waals surface area contributed by atoms with Crippen molar-refractivity contribution in [3.05, 3.63) is 57.5 Å². The number of anilines is 1. The summed E-state index contributed by atoms with van der Waals surface area (Å²) in [5.74, 6) is 0.446. The van der Waals surface area contributed by atoms with Gasteiger partial charge in [0.2, 0.25) is 5.95 Å². The Balaban J connectivity index is 1.54. The van der Waals surface area contributed by atoms with Crippen LogP contribution in [-0.2, 0) is 27.2 Å². The van der Waals surface area contributed by atoms with E-state index in [1.165, 1.54) is 7.11 Å². The van der Waals surface area contributed by atoms with E-state index in [2.05, 4.69) is 9.97 Å². The van der Waals surface area contributed by atoms with E-state index in [4.69, 9.17) is 9.47 Å². The van der Waals surface area contributed by atoms with Crippen molar-refractivity contribution in [1.82, 2.24) is 14.9 Å². The highest BCUT2D eigenvalue weighted by molar-refractivity contribution is 5.82. The van der Waals surface area contributed by atoms with Gasteiger partial charge in [-0.15, -0.1) is 0 Å². The Morgan fingerprint density at radius 1 is 1.21 bits per heavy atom. The van der Waals surface area contributed by atoms with Crippen molar-refractivity contribution < 1.29 is 14.3 Å². The second-order valence-electron chi connectivity index (χ2n) is 6.95. The van der Waals surface area contributed by atoms with E-state index >= 15 is 0 Å². The number of nitrogens with one attached hydrogen (secondary N) is 1. The number of aromatic amines is 1. The van der Waals surface area contributed by atoms with Crippen molar-refractivity contribution in [3.8, 4) is 0 Å². The molecule has 8 nitrogen and oxygen atoms in total. The number of benzene rings is 1. The molecule has 2 aliphatic rings. The number of carbonyl (C=O) groups excluding carboxylic acids is 1. The van der Waals surface area contributed by atoms with Crippen LogP contribution in [-0.4, -0.2) is 60.7 Å². The Labute approximate surface area is 163 Å². The topological polar surface area (TPSA) is 87.8 Å². The van der Waals surface area contributed by atoms with Gasteiger partial charge >= 0.3 is 0 Å². The molecule has 28 heavy (non-hydrogen) atoms. The highest BCUT2D eigenvalue weighted by Gasteiger charge is 2.30. The smallest absolute Gasteiger partial charge is 0.257 e. The van der Waals surface area contributed by atoms with Crippen LogP contribution in [0.1, 0.15) is 22.9 Å². The quantitative estimate of drug-likeness (QED) is 0.842. The van der Waals surface area contributed by atoms with Gasteiger partial charge in [-0.2, -0.15) is 0 Å². The van der Waals surface area contributed by atoms with Crippen LogP contribution < -0.4 is 10.5 Å². The van der Waals surface area contributed by atoms with Crippen LogP contribution in [0.4, 0.5) is 5.95 Å². The van der Waals surface area contributed by atoms with E-state index in [-0.39, 0.29) is 18.0 Å². The summed E-state index contributed by atoms with van der Waals surface area (Å²) in [5.41, 5.74) is 1.94. The maximum absolute atomic E-state index is 13.0. The maximum Gasteiger partial charge on any atom is 0.257 e. The Hall–Kier alpha value is -2.71. The van der Waals surface area contributed by atoms with Gasteiger partial charge in [-0.1, -0.05) is 30.3 Å². The second kappa shape index (κ2) is 8.12. The minimum atomic E-state index is -0.678. The minimum absolute atomic E-state index is 0.143. The minimum Gasteiger partial charge on any atom is -0.378 e. The lowest BCUT2D eigenvalue weighted by atomic mass is 10.0. The molecule has 1 fully saturated rings. The number of morpholine rings is 1. The zero-order chi connectivity index (χ0) is 19.5. The summed E-state index contributed by atoms with van der Waals surface area (Å²) in [4.78, 5) is 36.9. The summed E-state index contributed by atoms with van der Waals surface area (Å²) >= 11 is 0. The molecular formula is C20H24N4O4. The zero-order valence-electron chi connectivity index (χ0n) is 15.9. The second-order valence-corrected chi connectivity index (χ2v) is 6.95. The molecular weight excluding hydrogens is 360 g/mol. The molecule has 0 saturated carbocycles. The Morgan fingerprint density at radius 3 is 2.68 bits per heavy atom. The van der Waals surface area contributed by atoms with Gasteiger partial charge in [0, 0.05) is 33.2 Å². The van der Waals surface area contributed by atoms with Gasteiger partial charge in [-0.3, -0.25) is 14.6 Å². The SMILES string of the molecule is CO[C@@H](C(=O)N1CCc2nc(N3CCOCC3)[nH]c(=O)c2C1)c1ccccc1. The summed E-state index contributed by atoms with van der Waals surface area (Å²) < 4.78 is 10.8. The third-order valence-electron chi connectivity index (χ3n) is 5.24. The lowest BCUT2D eigenvalue weighted by molar-refractivity contribution is -0.143. The lowest BCUT2D eigenvalue weighted by Gasteiger charge is -2.32. The maximum atomic E-state index is 13.0. The monoisotopic (exact) mass is 384 g/mol. The first kappa shape index (κ1) is 18.6. The Morgan fingerprint density at radius 2 is 1.96 bits per heavy atom. The zero-order valence-corrected chi connectivity index (χ0v) is 15.9. The van der Waals surface area contributed by atoms with Crippen LogP contribution in [0.15, 0.2) is 35.1 Å². The van der Waals surface area contributed by atoms with E-state index in [1.54, 1.807) is 4.90 Å². The first-order chi connectivity index (χ1) is 13.7. The number of amides is 1. The third kappa shape index (κ3) is 3.65. The van der Waals surface area contributed by atoms with Gasteiger partial charge in [0.25, 0.3) is 11.5 Å². The number of aromatic nitrogens is 2. The molecule has 1 saturated heterocycles. The van der Waals surface area contributed by atoms with E-state index in [0.717, 1.165) is 11.3 Å². The largest absolute Gasteiger partial charge is 0.378 e. The molecule has 4 rings (SSSR count). The molecule has 1 aromatic heterocycles. The van der Waals surface area contributed by atoms with E-state index in [9.17, 15) is 9.59 Å². The molecule has 0 aliphatic carbocycles. The van der Waals surface area contributed by atoms with E-state index < -0.39 is 6.10 Å². The summed E-state index contributed by atoms with van der Waals surface area (Å²) in [5, 5.41) is 0. The lowest BCUT2D eigenvalue weighted by Crippen LogP contribution is -2.43. The van der Waals surface area contributed by atoms with E-state index in [0.29, 0.717) is 50.8 Å². The number of carbonyl (C=O) groups is 1. The van der Waals surface area contributed by atoms with Crippen molar-refractivity contribution in [1.29, 1.82) is 0 Å². The predicted molar refractivity (Wildman–Crippen MR) is 103 cm³/mol. The number of H-pyrrole nitrogens is 1. The highest BCUT2D eigenvalue weighted by Crippen LogP contribution is 2.23. The molecule has 2 aliphatic heterocycles. The fourth-order valence-electron chi connectivity index (χ4n) is 3.70. The normalized spacial score (nSPS) is 17.9. The number of hydrogen-bond donors (Lipinski definition) is 1. The molecule has 1 N–H and O–H groups in total. The fraction of sp³-hybridized carbons (Fsp3) is 0.450. The van der Waals surface area contributed by atoms with Gasteiger partial charge in [0.1, 0.15) is 0 Å². The number of methoxy groups -OCH3 is 1. The van der Waals surface area contributed by atoms with Gasteiger partial charge in [0.15, 0.2) is 6.10 Å². The Bertz CT molecular complexity index is 893. The third-order valence-corrected chi connectivity index (χ3v) is 5.24. The van der Waals surface area contributed by atoms with Crippen molar-refractivity contribution >= 4 is 11.9 Å². The standard InChI is InChI=1S/C20H24N4O4/c1-27-17(14-5-3-2-4-6-14)19(26)24-8-7-16-15(13-24)18(25)22-20(21-16)23-9-11-28-12-10-23/h2-6,17H,7-13H2,1H3,(H,21,22,25)/t17-/m1/s1. The number of nitrogens with zero attached hydrogens (tertiary/aromatic N) is 3. The molecule has 3 heterocycles. The summed E-state index contributed by atoms with van der Waals surface area (Å²) in [6.07, 6.45) is -0.129. The molecule has 1 aromatic carbocycles. The summed E-state index contributed by atoms with van der Waals surface area (Å²) in [6.45, 7) is 3.42. The van der Waals surface area contributed by atoms with Crippen molar-refractivity contribution in [2.24, 2.45) is 0 Å². The van der Waals surface area contributed by atoms with Gasteiger partial charge in [-0.05, 0) is 5.56 Å². The summed E-state index contributed by atoms with van der Waals surface area (Å²) in [6, 6.07) is 9.39. The van der Waals surface area contributed by atoms with Crippen molar-refractivity contribution in [3.63, 3.8) is 0 Å². The van der Waals surface area contributed by atoms with Crippen LogP contribution in [0, 0.1) is 0 Å². The van der Waals surface area contributed by atoms with Crippen LogP contribution >= 0.6 is 0 Å². The average Bonchev–Trinajstić information content (AvgIpc) is 2.75. The molecule has 1 atom stereocenters. The first-order valence-electron chi connectivity index (χ1n) is 9.48. The van der Waals surface area contributed by atoms with Crippen LogP contribution in [0.25, 0.3) is 0 Å². The molecule has 1 amide bonds. The first-order valence-corrected chi connectivity index (χ1v) is 9.48. The molecule has 8 heteroatoms. The van der Waals surface area contributed by atoms with Gasteiger partial charge in [0.05, 0.1) is 31.0 Å². The fourth-order valence-corrected chi connectivity index (χ4v) is 3.70. The molecule has 0 spiro atoms. The Kier molecular flexibility index (Phi) is 5.40. The molecule has 148 valence electrons. The summed E-state index contributed by atoms with van der Waals surface area (Å²) in [7, 11) is 1.52. The molecule has 0 bridgehead atoms. The van der Waals surface area contributed by atoms with Crippen LogP contribution in [0.3, 0.4) is 0 Å². The number of ether oxygens (including phenoxy) is 2. The van der Waals surface area contributed by atoms with Gasteiger partial charge in [-0.25, -0.2) is 4.98 Å². The number of rotatable bonds is 4. The van der Waals surface area contributed by atoms with Crippen molar-refractivity contribution in [2.75, 3.05) is 44.9 Å². The highest BCUT2D eigenvalue weighted by atomic mass is 16.5. The van der Waals surface area contributed by atoms with Gasteiger partial charge < -0.3 is 19.3 Å². The number of fused-ring (bicyclic) bond motifs is 1. The van der Waals surface area contributed by atoms with Crippen LogP contribution in [0.2, 0.25) is 0 Å². The van der Waals surface area contributed by atoms with Crippen molar-refractivity contribution in [2.45, 2.75) is 19.1 Å². The van der Waals surface area contributed by atoms with Crippen LogP contribution in [0.5, 0.6) is 0 Å². The molecule has 2 aromatic rings. The average molecular weight is 384 g/mol. The number of hydrogen-bond acceptors (Lipinski definition) is 6. The van der Waals surface area contributed by atoms with E-state index in [1.807, 2.05) is 35.2 Å². The molecule has 0 radical (unpaired) electrons. The molecule has 0 unspecified atom stereocenters. The predicted octanol–water partition coefficient (Wildman–Crippen LogP) is 0.879.